The molecular weight excluding hydrogens is 366 g/mol. The molecule has 3 rings (SSSR count). The molecule has 2 heterocycles. The number of halogens is 1. The van der Waals surface area contributed by atoms with Gasteiger partial charge in [-0.05, 0) is 43.9 Å². The fraction of sp³-hybridized carbons (Fsp3) is 0.500. The third-order valence-electron chi connectivity index (χ3n) is 5.32. The largest absolute Gasteiger partial charge is 0.392 e. The fourth-order valence-electron chi connectivity index (χ4n) is 3.81. The summed E-state index contributed by atoms with van der Waals surface area (Å²) in [5, 5.41) is 13.8. The molecule has 0 bridgehead atoms. The van der Waals surface area contributed by atoms with Gasteiger partial charge in [-0.25, -0.2) is 0 Å². The second-order valence-electron chi connectivity index (χ2n) is 7.12. The third-order valence-corrected chi connectivity index (χ3v) is 5.62. The fourth-order valence-corrected chi connectivity index (χ4v) is 4.10. The molecule has 2 amide bonds. The number of aliphatic hydroxyl groups is 1. The number of carbonyl (C=O) groups excluding carboxylic acids is 2. The number of likely N-dealkylation sites (tertiary alicyclic amines) is 1. The van der Waals surface area contributed by atoms with E-state index >= 15 is 0 Å². The molecule has 2 aliphatic rings. The van der Waals surface area contributed by atoms with Crippen LogP contribution in [0.1, 0.15) is 25.7 Å². The van der Waals surface area contributed by atoms with Gasteiger partial charge in [-0.1, -0.05) is 24.2 Å². The number of piperidine rings is 2. The average molecular weight is 392 g/mol. The lowest BCUT2D eigenvalue weighted by molar-refractivity contribution is -0.134. The first-order valence-electron chi connectivity index (χ1n) is 9.45. The molecule has 146 valence electrons. The molecular formula is C20H26ClN3O3. The second-order valence-corrected chi connectivity index (χ2v) is 7.53. The van der Waals surface area contributed by atoms with Crippen LogP contribution in [0.15, 0.2) is 30.9 Å². The highest BCUT2D eigenvalue weighted by Crippen LogP contribution is 2.36. The van der Waals surface area contributed by atoms with Gasteiger partial charge in [-0.15, -0.1) is 0 Å². The number of amides is 2. The normalized spacial score (nSPS) is 23.0. The Labute approximate surface area is 164 Å². The van der Waals surface area contributed by atoms with Gasteiger partial charge in [0.05, 0.1) is 28.4 Å². The molecule has 2 aliphatic heterocycles. The highest BCUT2D eigenvalue weighted by Gasteiger charge is 2.35. The summed E-state index contributed by atoms with van der Waals surface area (Å²) in [6.45, 7) is 5.90. The van der Waals surface area contributed by atoms with Crippen molar-refractivity contribution >= 4 is 34.8 Å². The Balaban J connectivity index is 1.78. The third kappa shape index (κ3) is 4.45. The van der Waals surface area contributed by atoms with E-state index in [9.17, 15) is 14.7 Å². The van der Waals surface area contributed by atoms with Gasteiger partial charge in [-0.3, -0.25) is 9.59 Å². The molecule has 6 nitrogen and oxygen atoms in total. The van der Waals surface area contributed by atoms with Crippen LogP contribution in [0.3, 0.4) is 0 Å². The molecule has 2 atom stereocenters. The van der Waals surface area contributed by atoms with E-state index in [-0.39, 0.29) is 18.4 Å². The quantitative estimate of drug-likeness (QED) is 0.774. The number of carbonyl (C=O) groups is 2. The highest BCUT2D eigenvalue weighted by molar-refractivity contribution is 6.34. The van der Waals surface area contributed by atoms with Crippen molar-refractivity contribution in [3.63, 3.8) is 0 Å². The van der Waals surface area contributed by atoms with Crippen LogP contribution in [-0.4, -0.2) is 54.1 Å². The van der Waals surface area contributed by atoms with Crippen molar-refractivity contribution in [2.75, 3.05) is 36.4 Å². The lowest BCUT2D eigenvalue weighted by Crippen LogP contribution is -2.49. The van der Waals surface area contributed by atoms with Crippen LogP contribution in [0.4, 0.5) is 11.4 Å². The highest BCUT2D eigenvalue weighted by atomic mass is 35.5. The number of benzene rings is 1. The van der Waals surface area contributed by atoms with Crippen LogP contribution in [0.25, 0.3) is 0 Å². The SMILES string of the molecule is C=CC(=O)N1CCC(O)C(C(=O)Nc2cccc(Cl)c2N2CCCCC2)C1. The Morgan fingerprint density at radius 1 is 1.22 bits per heavy atom. The van der Waals surface area contributed by atoms with E-state index in [1.54, 1.807) is 11.0 Å². The second kappa shape index (κ2) is 8.76. The standard InChI is InChI=1S/C20H26ClN3O3/c1-2-18(26)24-12-9-17(25)14(13-24)20(27)22-16-8-6-7-15(21)19(16)23-10-4-3-5-11-23/h2,6-8,14,17,25H,1,3-5,9-13H2,(H,22,27). The first kappa shape index (κ1) is 19.7. The predicted molar refractivity (Wildman–Crippen MR) is 107 cm³/mol. The maximum Gasteiger partial charge on any atom is 0.245 e. The zero-order valence-electron chi connectivity index (χ0n) is 15.4. The summed E-state index contributed by atoms with van der Waals surface area (Å²) in [6, 6.07) is 5.45. The molecule has 2 saturated heterocycles. The van der Waals surface area contributed by atoms with Crippen molar-refractivity contribution in [1.29, 1.82) is 0 Å². The summed E-state index contributed by atoms with van der Waals surface area (Å²) < 4.78 is 0. The molecule has 7 heteroatoms. The number of nitrogens with zero attached hydrogens (tertiary/aromatic N) is 2. The topological polar surface area (TPSA) is 72.9 Å². The number of hydrogen-bond donors (Lipinski definition) is 2. The van der Waals surface area contributed by atoms with E-state index in [0.29, 0.717) is 23.7 Å². The molecule has 0 aliphatic carbocycles. The van der Waals surface area contributed by atoms with Crippen molar-refractivity contribution in [3.05, 3.63) is 35.9 Å². The number of nitrogens with one attached hydrogen (secondary N) is 1. The van der Waals surface area contributed by atoms with E-state index in [1.807, 2.05) is 12.1 Å². The van der Waals surface area contributed by atoms with Crippen molar-refractivity contribution in [2.24, 2.45) is 5.92 Å². The Morgan fingerprint density at radius 3 is 2.67 bits per heavy atom. The van der Waals surface area contributed by atoms with E-state index < -0.39 is 12.0 Å². The summed E-state index contributed by atoms with van der Waals surface area (Å²) in [4.78, 5) is 28.5. The zero-order valence-corrected chi connectivity index (χ0v) is 16.1. The lowest BCUT2D eigenvalue weighted by atomic mass is 9.93. The van der Waals surface area contributed by atoms with Crippen LogP contribution in [0.5, 0.6) is 0 Å². The van der Waals surface area contributed by atoms with Crippen molar-refractivity contribution in [1.82, 2.24) is 4.90 Å². The summed E-state index contributed by atoms with van der Waals surface area (Å²) in [5.41, 5.74) is 1.48. The number of aliphatic hydroxyl groups excluding tert-OH is 1. The van der Waals surface area contributed by atoms with Gasteiger partial charge in [0.15, 0.2) is 0 Å². The summed E-state index contributed by atoms with van der Waals surface area (Å²) in [7, 11) is 0. The van der Waals surface area contributed by atoms with Crippen LogP contribution >= 0.6 is 11.6 Å². The van der Waals surface area contributed by atoms with Gasteiger partial charge in [0.25, 0.3) is 0 Å². The molecule has 2 N–H and O–H groups in total. The van der Waals surface area contributed by atoms with Crippen LogP contribution < -0.4 is 10.2 Å². The monoisotopic (exact) mass is 391 g/mol. The molecule has 0 radical (unpaired) electrons. The first-order chi connectivity index (χ1) is 13.0. The zero-order chi connectivity index (χ0) is 19.4. The minimum Gasteiger partial charge on any atom is -0.392 e. The van der Waals surface area contributed by atoms with Gasteiger partial charge < -0.3 is 20.2 Å². The summed E-state index contributed by atoms with van der Waals surface area (Å²) in [6.07, 6.45) is 4.21. The molecule has 0 saturated carbocycles. The van der Waals surface area contributed by atoms with E-state index in [0.717, 1.165) is 31.6 Å². The van der Waals surface area contributed by atoms with Crippen LogP contribution in [-0.2, 0) is 9.59 Å². The van der Waals surface area contributed by atoms with Gasteiger partial charge in [0.2, 0.25) is 11.8 Å². The summed E-state index contributed by atoms with van der Waals surface area (Å²) in [5.74, 6) is -1.21. The molecule has 2 unspecified atom stereocenters. The van der Waals surface area contributed by atoms with Gasteiger partial charge in [-0.2, -0.15) is 0 Å². The smallest absolute Gasteiger partial charge is 0.245 e. The Kier molecular flexibility index (Phi) is 6.39. The predicted octanol–water partition coefficient (Wildman–Crippen LogP) is 2.66. The Morgan fingerprint density at radius 2 is 1.96 bits per heavy atom. The molecule has 0 aromatic heterocycles. The van der Waals surface area contributed by atoms with Crippen LogP contribution in [0.2, 0.25) is 5.02 Å². The molecule has 27 heavy (non-hydrogen) atoms. The van der Waals surface area contributed by atoms with Gasteiger partial charge >= 0.3 is 0 Å². The number of anilines is 2. The number of rotatable bonds is 4. The average Bonchev–Trinajstić information content (AvgIpc) is 2.68. The molecule has 1 aromatic rings. The number of hydrogen-bond acceptors (Lipinski definition) is 4. The lowest BCUT2D eigenvalue weighted by Gasteiger charge is -2.35. The van der Waals surface area contributed by atoms with E-state index in [2.05, 4.69) is 16.8 Å². The maximum atomic E-state index is 12.9. The first-order valence-corrected chi connectivity index (χ1v) is 9.82. The summed E-state index contributed by atoms with van der Waals surface area (Å²) >= 11 is 6.44. The van der Waals surface area contributed by atoms with Gasteiger partial charge in [0, 0.05) is 26.2 Å². The van der Waals surface area contributed by atoms with E-state index in [1.165, 1.54) is 12.5 Å². The van der Waals surface area contributed by atoms with Crippen molar-refractivity contribution in [2.45, 2.75) is 31.8 Å². The molecule has 1 aromatic carbocycles. The van der Waals surface area contributed by atoms with Crippen molar-refractivity contribution < 1.29 is 14.7 Å². The molecule has 0 spiro atoms. The van der Waals surface area contributed by atoms with Crippen LogP contribution in [0, 0.1) is 5.92 Å². The Hall–Kier alpha value is -2.05. The Bertz CT molecular complexity index is 718. The molecule has 2 fully saturated rings. The maximum absolute atomic E-state index is 12.9. The minimum atomic E-state index is -0.781. The van der Waals surface area contributed by atoms with E-state index in [4.69, 9.17) is 11.6 Å². The number of para-hydroxylation sites is 1. The van der Waals surface area contributed by atoms with Crippen molar-refractivity contribution in [3.8, 4) is 0 Å². The minimum absolute atomic E-state index is 0.178. The van der Waals surface area contributed by atoms with Gasteiger partial charge in [0.1, 0.15) is 0 Å².